The standard InChI is InChI=1S/C16H11BrO3/c17-11-2-4-13-12-3-1-10(9-18)7-14(12)16(15(13)8-11)19-5-6-20-16/h1-4,7-9H,5-6H2. The molecule has 3 nitrogen and oxygen atoms in total. The lowest BCUT2D eigenvalue weighted by molar-refractivity contribution is -0.126. The monoisotopic (exact) mass is 330 g/mol. The minimum absolute atomic E-state index is 0.552. The number of benzene rings is 2. The summed E-state index contributed by atoms with van der Waals surface area (Å²) in [6.07, 6.45) is 0.849. The first-order valence-corrected chi connectivity index (χ1v) is 7.22. The van der Waals surface area contributed by atoms with Crippen molar-refractivity contribution in [3.8, 4) is 11.1 Å². The van der Waals surface area contributed by atoms with Crippen molar-refractivity contribution in [3.05, 3.63) is 57.6 Å². The van der Waals surface area contributed by atoms with Gasteiger partial charge in [-0.05, 0) is 29.3 Å². The number of halogens is 1. The summed E-state index contributed by atoms with van der Waals surface area (Å²) >= 11 is 3.50. The Morgan fingerprint density at radius 3 is 2.35 bits per heavy atom. The summed E-state index contributed by atoms with van der Waals surface area (Å²) < 4.78 is 12.9. The van der Waals surface area contributed by atoms with Gasteiger partial charge in [-0.25, -0.2) is 0 Å². The molecule has 1 saturated heterocycles. The van der Waals surface area contributed by atoms with E-state index < -0.39 is 5.79 Å². The molecule has 0 saturated carbocycles. The Balaban J connectivity index is 2.05. The zero-order valence-corrected chi connectivity index (χ0v) is 12.1. The molecule has 4 rings (SSSR count). The van der Waals surface area contributed by atoms with Crippen molar-refractivity contribution in [2.45, 2.75) is 5.79 Å². The molecule has 0 radical (unpaired) electrons. The number of hydrogen-bond acceptors (Lipinski definition) is 3. The number of ether oxygens (including phenoxy) is 2. The van der Waals surface area contributed by atoms with E-state index in [0.29, 0.717) is 18.8 Å². The largest absolute Gasteiger partial charge is 0.340 e. The molecule has 2 aromatic rings. The number of fused-ring (bicyclic) bond motifs is 5. The molecule has 0 unspecified atom stereocenters. The lowest BCUT2D eigenvalue weighted by Gasteiger charge is -2.24. The van der Waals surface area contributed by atoms with Gasteiger partial charge in [-0.1, -0.05) is 34.1 Å². The normalized spacial score (nSPS) is 18.1. The highest BCUT2D eigenvalue weighted by Crippen LogP contribution is 2.52. The van der Waals surface area contributed by atoms with Gasteiger partial charge in [0, 0.05) is 21.2 Å². The van der Waals surface area contributed by atoms with Gasteiger partial charge in [0.15, 0.2) is 0 Å². The Kier molecular flexibility index (Phi) is 2.61. The summed E-state index contributed by atoms with van der Waals surface area (Å²) in [7, 11) is 0. The molecule has 1 spiro atoms. The first-order chi connectivity index (χ1) is 9.74. The second kappa shape index (κ2) is 4.25. The number of carbonyl (C=O) groups excluding carboxylic acids is 1. The van der Waals surface area contributed by atoms with Gasteiger partial charge in [0.1, 0.15) is 6.29 Å². The number of rotatable bonds is 1. The summed E-state index contributed by atoms with van der Waals surface area (Å²) in [4.78, 5) is 11.0. The third-order valence-corrected chi connectivity index (χ3v) is 4.35. The molecule has 0 amide bonds. The Bertz CT molecular complexity index is 718. The summed E-state index contributed by atoms with van der Waals surface area (Å²) in [5.74, 6) is -0.854. The average molecular weight is 331 g/mol. The molecule has 4 heteroatoms. The smallest absolute Gasteiger partial charge is 0.223 e. The predicted octanol–water partition coefficient (Wildman–Crippen LogP) is 3.49. The molecule has 1 heterocycles. The highest BCUT2D eigenvalue weighted by atomic mass is 79.9. The average Bonchev–Trinajstić information content (AvgIpc) is 3.05. The highest BCUT2D eigenvalue weighted by molar-refractivity contribution is 9.10. The molecule has 2 aliphatic rings. The van der Waals surface area contributed by atoms with E-state index in [9.17, 15) is 4.79 Å². The third kappa shape index (κ3) is 1.50. The van der Waals surface area contributed by atoms with Crippen molar-refractivity contribution in [1.29, 1.82) is 0 Å². The van der Waals surface area contributed by atoms with Gasteiger partial charge in [-0.3, -0.25) is 4.79 Å². The highest BCUT2D eigenvalue weighted by Gasteiger charge is 2.48. The first kappa shape index (κ1) is 12.3. The number of hydrogen-bond donors (Lipinski definition) is 0. The van der Waals surface area contributed by atoms with Gasteiger partial charge in [0.25, 0.3) is 0 Å². The Labute approximate surface area is 124 Å². The van der Waals surface area contributed by atoms with Crippen molar-refractivity contribution >= 4 is 22.2 Å². The zero-order chi connectivity index (χ0) is 13.7. The van der Waals surface area contributed by atoms with Crippen LogP contribution in [0.15, 0.2) is 40.9 Å². The van der Waals surface area contributed by atoms with Gasteiger partial charge in [-0.15, -0.1) is 0 Å². The van der Waals surface area contributed by atoms with Crippen molar-refractivity contribution in [2.75, 3.05) is 13.2 Å². The minimum atomic E-state index is -0.854. The van der Waals surface area contributed by atoms with Crippen LogP contribution in [-0.2, 0) is 15.3 Å². The van der Waals surface area contributed by atoms with E-state index in [-0.39, 0.29) is 0 Å². The van der Waals surface area contributed by atoms with Crippen LogP contribution < -0.4 is 0 Å². The second-order valence-electron chi connectivity index (χ2n) is 4.93. The SMILES string of the molecule is O=Cc1ccc2c(c1)C1(OCCO1)c1cc(Br)ccc1-2. The van der Waals surface area contributed by atoms with Crippen LogP contribution in [0.5, 0.6) is 0 Å². The molecule has 20 heavy (non-hydrogen) atoms. The van der Waals surface area contributed by atoms with Crippen LogP contribution >= 0.6 is 15.9 Å². The maximum absolute atomic E-state index is 11.0. The Morgan fingerprint density at radius 1 is 1.00 bits per heavy atom. The van der Waals surface area contributed by atoms with Crippen molar-refractivity contribution in [2.24, 2.45) is 0 Å². The molecule has 1 fully saturated rings. The first-order valence-electron chi connectivity index (χ1n) is 6.43. The quantitative estimate of drug-likeness (QED) is 0.751. The molecular weight excluding hydrogens is 320 g/mol. The summed E-state index contributed by atoms with van der Waals surface area (Å²) in [6, 6.07) is 11.7. The Morgan fingerprint density at radius 2 is 1.65 bits per heavy atom. The van der Waals surface area contributed by atoms with Crippen LogP contribution in [-0.4, -0.2) is 19.5 Å². The maximum atomic E-state index is 11.0. The molecule has 2 aromatic carbocycles. The molecule has 0 aromatic heterocycles. The lowest BCUT2D eigenvalue weighted by Crippen LogP contribution is -2.26. The molecule has 100 valence electrons. The van der Waals surface area contributed by atoms with Crippen LogP contribution in [0.4, 0.5) is 0 Å². The molecule has 1 aliphatic heterocycles. The van der Waals surface area contributed by atoms with Crippen molar-refractivity contribution in [3.63, 3.8) is 0 Å². The van der Waals surface area contributed by atoms with Crippen molar-refractivity contribution in [1.82, 2.24) is 0 Å². The van der Waals surface area contributed by atoms with Crippen LogP contribution in [0, 0.1) is 0 Å². The number of aldehydes is 1. The van der Waals surface area contributed by atoms with Gasteiger partial charge in [-0.2, -0.15) is 0 Å². The van der Waals surface area contributed by atoms with Gasteiger partial charge < -0.3 is 9.47 Å². The molecule has 1 aliphatic carbocycles. The second-order valence-corrected chi connectivity index (χ2v) is 5.84. The summed E-state index contributed by atoms with van der Waals surface area (Å²) in [6.45, 7) is 1.10. The number of carbonyl (C=O) groups is 1. The summed E-state index contributed by atoms with van der Waals surface area (Å²) in [5.41, 5.74) is 4.73. The van der Waals surface area contributed by atoms with E-state index >= 15 is 0 Å². The fourth-order valence-corrected chi connectivity index (χ4v) is 3.40. The molecule has 0 N–H and O–H groups in total. The fraction of sp³-hybridized carbons (Fsp3) is 0.188. The van der Waals surface area contributed by atoms with Gasteiger partial charge >= 0.3 is 0 Å². The van der Waals surface area contributed by atoms with Crippen LogP contribution in [0.3, 0.4) is 0 Å². The van der Waals surface area contributed by atoms with Gasteiger partial charge in [0.2, 0.25) is 5.79 Å². The van der Waals surface area contributed by atoms with Crippen molar-refractivity contribution < 1.29 is 14.3 Å². The minimum Gasteiger partial charge on any atom is -0.340 e. The fourth-order valence-electron chi connectivity index (χ4n) is 3.03. The van der Waals surface area contributed by atoms with E-state index in [1.807, 2.05) is 30.3 Å². The van der Waals surface area contributed by atoms with Crippen LogP contribution in [0.2, 0.25) is 0 Å². The van der Waals surface area contributed by atoms with Crippen LogP contribution in [0.25, 0.3) is 11.1 Å². The Hall–Kier alpha value is -1.49. The van der Waals surface area contributed by atoms with Gasteiger partial charge in [0.05, 0.1) is 13.2 Å². The third-order valence-electron chi connectivity index (χ3n) is 3.85. The maximum Gasteiger partial charge on any atom is 0.223 e. The topological polar surface area (TPSA) is 35.5 Å². The van der Waals surface area contributed by atoms with E-state index in [2.05, 4.69) is 22.0 Å². The lowest BCUT2D eigenvalue weighted by atomic mass is 10.0. The molecular formula is C16H11BrO3. The zero-order valence-electron chi connectivity index (χ0n) is 10.6. The van der Waals surface area contributed by atoms with E-state index in [1.165, 1.54) is 0 Å². The van der Waals surface area contributed by atoms with E-state index in [4.69, 9.17) is 9.47 Å². The van der Waals surface area contributed by atoms with Crippen LogP contribution in [0.1, 0.15) is 21.5 Å². The predicted molar refractivity (Wildman–Crippen MR) is 77.6 cm³/mol. The summed E-state index contributed by atoms with van der Waals surface area (Å²) in [5, 5.41) is 0. The van der Waals surface area contributed by atoms with E-state index in [1.54, 1.807) is 0 Å². The molecule has 0 bridgehead atoms. The van der Waals surface area contributed by atoms with E-state index in [0.717, 1.165) is 33.0 Å². The molecule has 0 atom stereocenters.